The van der Waals surface area contributed by atoms with Crippen LogP contribution in [0.25, 0.3) is 0 Å². The minimum absolute atomic E-state index is 0.118. The van der Waals surface area contributed by atoms with Crippen LogP contribution < -0.4 is 5.32 Å². The number of likely N-dealkylation sites (tertiary alicyclic amines) is 1. The Bertz CT molecular complexity index is 511. The zero-order valence-corrected chi connectivity index (χ0v) is 12.1. The predicted octanol–water partition coefficient (Wildman–Crippen LogP) is 4.77. The van der Waals surface area contributed by atoms with E-state index in [9.17, 15) is 18.0 Å². The second-order valence-corrected chi connectivity index (χ2v) is 5.43. The number of alkyl halides is 3. The summed E-state index contributed by atoms with van der Waals surface area (Å²) in [6.45, 7) is 1.31. The van der Waals surface area contributed by atoms with Gasteiger partial charge >= 0.3 is 12.2 Å². The molecule has 1 aromatic rings. The van der Waals surface area contributed by atoms with Gasteiger partial charge in [-0.3, -0.25) is 0 Å². The molecule has 0 aliphatic carbocycles. The number of amides is 2. The number of anilines is 1. The monoisotopic (exact) mass is 320 g/mol. The highest BCUT2D eigenvalue weighted by Gasteiger charge is 2.31. The summed E-state index contributed by atoms with van der Waals surface area (Å²) in [6.07, 6.45) is -0.394. The van der Waals surface area contributed by atoms with Crippen LogP contribution in [0.5, 0.6) is 0 Å². The molecule has 0 atom stereocenters. The molecule has 1 saturated heterocycles. The largest absolute Gasteiger partial charge is 0.416 e. The standard InChI is InChI=1S/C14H16ClF3N2O/c15-11-9-10(14(16,17)18)5-6-12(11)19-13(21)20-7-3-1-2-4-8-20/h5-6,9H,1-4,7-8H2,(H,19,21). The molecule has 21 heavy (non-hydrogen) atoms. The third-order valence-corrected chi connectivity index (χ3v) is 3.74. The summed E-state index contributed by atoms with van der Waals surface area (Å²) in [5.74, 6) is 0. The van der Waals surface area contributed by atoms with Crippen molar-refractivity contribution in [3.8, 4) is 0 Å². The third-order valence-electron chi connectivity index (χ3n) is 3.43. The maximum Gasteiger partial charge on any atom is 0.416 e. The average molecular weight is 321 g/mol. The zero-order valence-electron chi connectivity index (χ0n) is 11.3. The van der Waals surface area contributed by atoms with Crippen molar-refractivity contribution in [1.29, 1.82) is 0 Å². The average Bonchev–Trinajstić information content (AvgIpc) is 2.68. The minimum Gasteiger partial charge on any atom is -0.325 e. The molecule has 0 bridgehead atoms. The maximum absolute atomic E-state index is 12.5. The zero-order chi connectivity index (χ0) is 15.5. The second-order valence-electron chi connectivity index (χ2n) is 5.02. The molecule has 0 radical (unpaired) electrons. The van der Waals surface area contributed by atoms with Crippen LogP contribution in [0.3, 0.4) is 0 Å². The van der Waals surface area contributed by atoms with Gasteiger partial charge in [0, 0.05) is 13.1 Å². The lowest BCUT2D eigenvalue weighted by molar-refractivity contribution is -0.137. The fourth-order valence-corrected chi connectivity index (χ4v) is 2.49. The number of halogens is 4. The van der Waals surface area contributed by atoms with Crippen molar-refractivity contribution in [2.75, 3.05) is 18.4 Å². The first-order valence-electron chi connectivity index (χ1n) is 6.80. The first-order chi connectivity index (χ1) is 9.88. The van der Waals surface area contributed by atoms with Crippen molar-refractivity contribution >= 4 is 23.3 Å². The first kappa shape index (κ1) is 15.9. The fourth-order valence-electron chi connectivity index (χ4n) is 2.26. The number of rotatable bonds is 1. The van der Waals surface area contributed by atoms with Crippen LogP contribution in [-0.2, 0) is 6.18 Å². The van der Waals surface area contributed by atoms with Crippen molar-refractivity contribution in [1.82, 2.24) is 4.90 Å². The Balaban J connectivity index is 2.07. The van der Waals surface area contributed by atoms with Crippen molar-refractivity contribution in [2.24, 2.45) is 0 Å². The Kier molecular flexibility index (Phi) is 4.98. The van der Waals surface area contributed by atoms with Crippen LogP contribution in [0.15, 0.2) is 18.2 Å². The molecule has 0 unspecified atom stereocenters. The number of carbonyl (C=O) groups excluding carboxylic acids is 1. The highest BCUT2D eigenvalue weighted by Crippen LogP contribution is 2.33. The Morgan fingerprint density at radius 3 is 2.29 bits per heavy atom. The predicted molar refractivity (Wildman–Crippen MR) is 75.5 cm³/mol. The van der Waals surface area contributed by atoms with Gasteiger partial charge in [-0.05, 0) is 31.0 Å². The number of urea groups is 1. The Hall–Kier alpha value is -1.43. The van der Waals surface area contributed by atoms with Gasteiger partial charge in [-0.2, -0.15) is 13.2 Å². The number of nitrogens with one attached hydrogen (secondary N) is 1. The van der Waals surface area contributed by atoms with Gasteiger partial charge in [0.15, 0.2) is 0 Å². The number of hydrogen-bond acceptors (Lipinski definition) is 1. The van der Waals surface area contributed by atoms with Crippen LogP contribution in [0.4, 0.5) is 23.7 Å². The lowest BCUT2D eigenvalue weighted by Gasteiger charge is -2.21. The van der Waals surface area contributed by atoms with E-state index in [1.165, 1.54) is 6.07 Å². The Morgan fingerprint density at radius 1 is 1.14 bits per heavy atom. The molecular weight excluding hydrogens is 305 g/mol. The summed E-state index contributed by atoms with van der Waals surface area (Å²) in [7, 11) is 0. The highest BCUT2D eigenvalue weighted by molar-refractivity contribution is 6.33. The smallest absolute Gasteiger partial charge is 0.325 e. The van der Waals surface area contributed by atoms with Gasteiger partial charge in [0.05, 0.1) is 16.3 Å². The van der Waals surface area contributed by atoms with E-state index >= 15 is 0 Å². The molecule has 1 aromatic carbocycles. The molecule has 0 saturated carbocycles. The Labute approximate surface area is 126 Å². The van der Waals surface area contributed by atoms with Crippen LogP contribution in [0, 0.1) is 0 Å². The number of hydrogen-bond donors (Lipinski definition) is 1. The van der Waals surface area contributed by atoms with E-state index in [-0.39, 0.29) is 16.7 Å². The van der Waals surface area contributed by atoms with E-state index in [1.54, 1.807) is 4.90 Å². The normalized spacial score (nSPS) is 16.5. The van der Waals surface area contributed by atoms with E-state index in [2.05, 4.69) is 5.32 Å². The van der Waals surface area contributed by atoms with Crippen LogP contribution in [0.1, 0.15) is 31.2 Å². The molecule has 1 aliphatic heterocycles. The van der Waals surface area contributed by atoms with Crippen molar-refractivity contribution in [3.05, 3.63) is 28.8 Å². The lowest BCUT2D eigenvalue weighted by atomic mass is 10.2. The summed E-state index contributed by atoms with van der Waals surface area (Å²) in [6, 6.07) is 2.59. The van der Waals surface area contributed by atoms with Crippen LogP contribution in [0.2, 0.25) is 5.02 Å². The summed E-state index contributed by atoms with van der Waals surface area (Å²) < 4.78 is 37.6. The molecule has 3 nitrogen and oxygen atoms in total. The van der Waals surface area contributed by atoms with E-state index < -0.39 is 11.7 Å². The van der Waals surface area contributed by atoms with Crippen molar-refractivity contribution in [3.63, 3.8) is 0 Å². The summed E-state index contributed by atoms with van der Waals surface area (Å²) in [5, 5.41) is 2.46. The van der Waals surface area contributed by atoms with Crippen molar-refractivity contribution in [2.45, 2.75) is 31.9 Å². The minimum atomic E-state index is -4.45. The molecule has 0 aromatic heterocycles. The van der Waals surface area contributed by atoms with E-state index in [4.69, 9.17) is 11.6 Å². The van der Waals surface area contributed by atoms with Crippen molar-refractivity contribution < 1.29 is 18.0 Å². The number of carbonyl (C=O) groups is 1. The van der Waals surface area contributed by atoms with Gasteiger partial charge in [0.2, 0.25) is 0 Å². The molecule has 1 fully saturated rings. The lowest BCUT2D eigenvalue weighted by Crippen LogP contribution is -2.35. The van der Waals surface area contributed by atoms with E-state index in [0.29, 0.717) is 13.1 Å². The van der Waals surface area contributed by atoms with Gasteiger partial charge in [0.1, 0.15) is 0 Å². The molecular formula is C14H16ClF3N2O. The van der Waals surface area contributed by atoms with E-state index in [0.717, 1.165) is 37.8 Å². The molecule has 116 valence electrons. The first-order valence-corrected chi connectivity index (χ1v) is 7.18. The third kappa shape index (κ3) is 4.27. The topological polar surface area (TPSA) is 32.3 Å². The number of benzene rings is 1. The maximum atomic E-state index is 12.5. The number of nitrogens with zero attached hydrogens (tertiary/aromatic N) is 1. The molecule has 0 spiro atoms. The van der Waals surface area contributed by atoms with Gasteiger partial charge in [0.25, 0.3) is 0 Å². The van der Waals surface area contributed by atoms with Crippen LogP contribution >= 0.6 is 11.6 Å². The fraction of sp³-hybridized carbons (Fsp3) is 0.500. The SMILES string of the molecule is O=C(Nc1ccc(C(F)(F)F)cc1Cl)N1CCCCCC1. The van der Waals surface area contributed by atoms with Gasteiger partial charge in [-0.1, -0.05) is 24.4 Å². The second kappa shape index (κ2) is 6.56. The molecule has 2 rings (SSSR count). The van der Waals surface area contributed by atoms with Gasteiger partial charge < -0.3 is 10.2 Å². The van der Waals surface area contributed by atoms with Gasteiger partial charge in [-0.25, -0.2) is 4.79 Å². The van der Waals surface area contributed by atoms with Gasteiger partial charge in [-0.15, -0.1) is 0 Å². The summed E-state index contributed by atoms with van der Waals surface area (Å²) >= 11 is 5.82. The quantitative estimate of drug-likeness (QED) is 0.794. The molecule has 2 amide bonds. The van der Waals surface area contributed by atoms with Crippen LogP contribution in [-0.4, -0.2) is 24.0 Å². The molecule has 1 aliphatic rings. The summed E-state index contributed by atoms with van der Waals surface area (Å²) in [5.41, 5.74) is -0.640. The molecule has 1 heterocycles. The molecule has 1 N–H and O–H groups in total. The van der Waals surface area contributed by atoms with E-state index in [1.807, 2.05) is 0 Å². The Morgan fingerprint density at radius 2 is 1.76 bits per heavy atom. The molecule has 7 heteroatoms. The highest BCUT2D eigenvalue weighted by atomic mass is 35.5. The summed E-state index contributed by atoms with van der Waals surface area (Å²) in [4.78, 5) is 13.8.